The van der Waals surface area contributed by atoms with Crippen molar-refractivity contribution in [3.63, 3.8) is 0 Å². The van der Waals surface area contributed by atoms with Gasteiger partial charge in [-0.15, -0.1) is 12.4 Å². The molecule has 2 amide bonds. The second-order valence-electron chi connectivity index (χ2n) is 5.17. The number of carbonyl (C=O) groups excluding carboxylic acids is 2. The van der Waals surface area contributed by atoms with Gasteiger partial charge in [0.1, 0.15) is 0 Å². The molecule has 0 heterocycles. The summed E-state index contributed by atoms with van der Waals surface area (Å²) in [5.74, 6) is 0.307. The van der Waals surface area contributed by atoms with Crippen LogP contribution in [0.5, 0.6) is 0 Å². The number of hydrogen-bond donors (Lipinski definition) is 2. The highest BCUT2D eigenvalue weighted by Crippen LogP contribution is 2.27. The monoisotopic (exact) mass is 311 g/mol. The molecule has 1 aliphatic carbocycles. The van der Waals surface area contributed by atoms with E-state index in [9.17, 15) is 9.59 Å². The van der Waals surface area contributed by atoms with Gasteiger partial charge in [-0.1, -0.05) is 18.2 Å². The van der Waals surface area contributed by atoms with E-state index in [1.807, 2.05) is 30.3 Å². The van der Waals surface area contributed by atoms with Crippen molar-refractivity contribution < 1.29 is 9.59 Å². The molecule has 21 heavy (non-hydrogen) atoms. The minimum absolute atomic E-state index is 0. The topological polar surface area (TPSA) is 75.4 Å². The smallest absolute Gasteiger partial charge is 0.240 e. The van der Waals surface area contributed by atoms with Crippen LogP contribution in [-0.2, 0) is 9.59 Å². The van der Waals surface area contributed by atoms with Crippen molar-refractivity contribution in [3.8, 4) is 0 Å². The fourth-order valence-electron chi connectivity index (χ4n) is 2.03. The number of carbonyl (C=O) groups is 2. The molecule has 1 aliphatic rings. The highest BCUT2D eigenvalue weighted by molar-refractivity contribution is 5.95. The van der Waals surface area contributed by atoms with Crippen LogP contribution in [0.15, 0.2) is 30.3 Å². The second-order valence-corrected chi connectivity index (χ2v) is 5.17. The van der Waals surface area contributed by atoms with Gasteiger partial charge in [-0.05, 0) is 37.4 Å². The Hall–Kier alpha value is -1.59. The van der Waals surface area contributed by atoms with Gasteiger partial charge in [-0.3, -0.25) is 9.59 Å². The quantitative estimate of drug-likeness (QED) is 0.760. The van der Waals surface area contributed by atoms with Gasteiger partial charge in [0.05, 0.1) is 6.54 Å². The number of nitrogens with two attached hydrogens (primary N) is 1. The average molecular weight is 312 g/mol. The molecule has 3 N–H and O–H groups in total. The summed E-state index contributed by atoms with van der Waals surface area (Å²) in [6, 6.07) is 9.36. The fourth-order valence-corrected chi connectivity index (χ4v) is 2.03. The minimum atomic E-state index is -0.398. The Morgan fingerprint density at radius 3 is 2.48 bits per heavy atom. The molecule has 0 radical (unpaired) electrons. The number of rotatable bonds is 8. The highest BCUT2D eigenvalue weighted by Gasteiger charge is 2.22. The Kier molecular flexibility index (Phi) is 7.19. The van der Waals surface area contributed by atoms with Gasteiger partial charge in [0.2, 0.25) is 11.8 Å². The molecule has 0 aliphatic heterocycles. The lowest BCUT2D eigenvalue weighted by atomic mass is 10.2. The van der Waals surface area contributed by atoms with Gasteiger partial charge in [0.15, 0.2) is 0 Å². The zero-order valence-electron chi connectivity index (χ0n) is 12.0. The molecule has 0 atom stereocenters. The molecule has 0 aromatic heterocycles. The van der Waals surface area contributed by atoms with Gasteiger partial charge in [-0.2, -0.15) is 0 Å². The molecule has 5 nitrogen and oxygen atoms in total. The molecule has 0 saturated heterocycles. The standard InChI is InChI=1S/C15H21N3O2.ClH/c16-14(19)8-9-18(13-4-2-1-3-5-13)15(20)11-17-10-12-6-7-12;/h1-5,12,17H,6-11H2,(H2,16,19);1H. The molecule has 0 bridgehead atoms. The molecule has 116 valence electrons. The van der Waals surface area contributed by atoms with Crippen LogP contribution < -0.4 is 16.0 Å². The first-order valence-electron chi connectivity index (χ1n) is 7.01. The lowest BCUT2D eigenvalue weighted by Crippen LogP contribution is -2.40. The number of benzene rings is 1. The summed E-state index contributed by atoms with van der Waals surface area (Å²) < 4.78 is 0. The number of halogens is 1. The van der Waals surface area contributed by atoms with Crippen LogP contribution in [0.2, 0.25) is 0 Å². The maximum atomic E-state index is 12.3. The number of amides is 2. The number of para-hydroxylation sites is 1. The number of hydrogen-bond acceptors (Lipinski definition) is 3. The van der Waals surface area contributed by atoms with E-state index >= 15 is 0 Å². The molecule has 1 aromatic rings. The fraction of sp³-hybridized carbons (Fsp3) is 0.467. The van der Waals surface area contributed by atoms with E-state index in [1.54, 1.807) is 4.90 Å². The molecule has 0 unspecified atom stereocenters. The summed E-state index contributed by atoms with van der Waals surface area (Å²) in [5.41, 5.74) is 5.97. The predicted molar refractivity (Wildman–Crippen MR) is 85.4 cm³/mol. The first-order valence-corrected chi connectivity index (χ1v) is 7.01. The number of primary amides is 1. The molecular formula is C15H22ClN3O2. The van der Waals surface area contributed by atoms with Crippen LogP contribution in [0, 0.1) is 5.92 Å². The van der Waals surface area contributed by atoms with Crippen molar-refractivity contribution in [2.45, 2.75) is 19.3 Å². The summed E-state index contributed by atoms with van der Waals surface area (Å²) in [5, 5.41) is 3.18. The summed E-state index contributed by atoms with van der Waals surface area (Å²) >= 11 is 0. The Morgan fingerprint density at radius 2 is 1.90 bits per heavy atom. The first kappa shape index (κ1) is 17.5. The second kappa shape index (κ2) is 8.64. The molecule has 1 fully saturated rings. The number of anilines is 1. The summed E-state index contributed by atoms with van der Waals surface area (Å²) in [7, 11) is 0. The Bertz CT molecular complexity index is 463. The zero-order valence-corrected chi connectivity index (χ0v) is 12.8. The largest absolute Gasteiger partial charge is 0.370 e. The Morgan fingerprint density at radius 1 is 1.24 bits per heavy atom. The van der Waals surface area contributed by atoms with Gasteiger partial charge >= 0.3 is 0 Å². The van der Waals surface area contributed by atoms with Crippen molar-refractivity contribution >= 4 is 29.9 Å². The molecule has 6 heteroatoms. The van der Waals surface area contributed by atoms with Crippen molar-refractivity contribution in [1.82, 2.24) is 5.32 Å². The van der Waals surface area contributed by atoms with Gasteiger partial charge in [0.25, 0.3) is 0 Å². The molecule has 0 spiro atoms. The number of nitrogens with one attached hydrogen (secondary N) is 1. The first-order chi connectivity index (χ1) is 9.66. The van der Waals surface area contributed by atoms with Crippen LogP contribution >= 0.6 is 12.4 Å². The lowest BCUT2D eigenvalue weighted by molar-refractivity contribution is -0.118. The maximum absolute atomic E-state index is 12.3. The van der Waals surface area contributed by atoms with E-state index < -0.39 is 5.91 Å². The van der Waals surface area contributed by atoms with Gasteiger partial charge in [0, 0.05) is 18.7 Å². The SMILES string of the molecule is Cl.NC(=O)CCN(C(=O)CNCC1CC1)c1ccccc1. The Balaban J connectivity index is 0.00000220. The number of nitrogens with zero attached hydrogens (tertiary/aromatic N) is 1. The van der Waals surface area contributed by atoms with E-state index in [-0.39, 0.29) is 24.7 Å². The highest BCUT2D eigenvalue weighted by atomic mass is 35.5. The molecule has 2 rings (SSSR count). The zero-order chi connectivity index (χ0) is 14.4. The van der Waals surface area contributed by atoms with Crippen LogP contribution in [0.1, 0.15) is 19.3 Å². The third kappa shape index (κ3) is 6.14. The summed E-state index contributed by atoms with van der Waals surface area (Å²) in [6.45, 7) is 1.51. The average Bonchev–Trinajstić information content (AvgIpc) is 3.24. The predicted octanol–water partition coefficient (Wildman–Crippen LogP) is 1.32. The summed E-state index contributed by atoms with van der Waals surface area (Å²) in [4.78, 5) is 24.8. The van der Waals surface area contributed by atoms with E-state index in [4.69, 9.17) is 5.73 Å². The van der Waals surface area contributed by atoms with Crippen LogP contribution in [0.3, 0.4) is 0 Å². The van der Waals surface area contributed by atoms with Crippen molar-refractivity contribution in [2.75, 3.05) is 24.5 Å². The van der Waals surface area contributed by atoms with Crippen LogP contribution in [-0.4, -0.2) is 31.4 Å². The molecular weight excluding hydrogens is 290 g/mol. The van der Waals surface area contributed by atoms with E-state index in [1.165, 1.54) is 12.8 Å². The van der Waals surface area contributed by atoms with E-state index in [0.29, 0.717) is 13.1 Å². The van der Waals surface area contributed by atoms with E-state index in [2.05, 4.69) is 5.32 Å². The maximum Gasteiger partial charge on any atom is 0.240 e. The van der Waals surface area contributed by atoms with Crippen LogP contribution in [0.4, 0.5) is 5.69 Å². The van der Waals surface area contributed by atoms with Crippen molar-refractivity contribution in [3.05, 3.63) is 30.3 Å². The Labute approximate surface area is 131 Å². The molecule has 1 saturated carbocycles. The van der Waals surface area contributed by atoms with Crippen molar-refractivity contribution in [2.24, 2.45) is 11.7 Å². The molecule has 1 aromatic carbocycles. The van der Waals surface area contributed by atoms with E-state index in [0.717, 1.165) is 18.2 Å². The van der Waals surface area contributed by atoms with Gasteiger partial charge in [-0.25, -0.2) is 0 Å². The third-order valence-corrected chi connectivity index (χ3v) is 3.36. The third-order valence-electron chi connectivity index (χ3n) is 3.36. The lowest BCUT2D eigenvalue weighted by Gasteiger charge is -2.22. The normalized spacial score (nSPS) is 13.3. The summed E-state index contributed by atoms with van der Waals surface area (Å²) in [6.07, 6.45) is 2.68. The minimum Gasteiger partial charge on any atom is -0.370 e. The van der Waals surface area contributed by atoms with Crippen molar-refractivity contribution in [1.29, 1.82) is 0 Å². The van der Waals surface area contributed by atoms with Gasteiger partial charge < -0.3 is 16.0 Å². The van der Waals surface area contributed by atoms with Crippen LogP contribution in [0.25, 0.3) is 0 Å².